The molecule has 21 heavy (non-hydrogen) atoms. The van der Waals surface area contributed by atoms with E-state index in [-0.39, 0.29) is 6.04 Å². The average Bonchev–Trinajstić information content (AvgIpc) is 2.49. The Morgan fingerprint density at radius 1 is 1.10 bits per heavy atom. The average molecular weight is 458 g/mol. The van der Waals surface area contributed by atoms with E-state index >= 15 is 0 Å². The maximum atomic E-state index is 3.61. The van der Waals surface area contributed by atoms with Crippen molar-refractivity contribution in [2.75, 3.05) is 6.54 Å². The summed E-state index contributed by atoms with van der Waals surface area (Å²) in [5, 5.41) is 3.61. The summed E-state index contributed by atoms with van der Waals surface area (Å²) < 4.78 is 2.42. The van der Waals surface area contributed by atoms with Gasteiger partial charge in [0.15, 0.2) is 0 Å². The Bertz CT molecular complexity index is 580. The van der Waals surface area contributed by atoms with Gasteiger partial charge in [-0.2, -0.15) is 0 Å². The van der Waals surface area contributed by atoms with Crippen molar-refractivity contribution in [3.05, 3.63) is 67.2 Å². The molecular formula is C18H21BrIN. The Morgan fingerprint density at radius 2 is 1.81 bits per heavy atom. The maximum Gasteiger partial charge on any atom is 0.0587 e. The molecule has 0 radical (unpaired) electrons. The second-order valence-electron chi connectivity index (χ2n) is 5.15. The fourth-order valence-corrected chi connectivity index (χ4v) is 3.54. The van der Waals surface area contributed by atoms with E-state index < -0.39 is 0 Å². The monoisotopic (exact) mass is 457 g/mol. The van der Waals surface area contributed by atoms with E-state index in [9.17, 15) is 0 Å². The van der Waals surface area contributed by atoms with Gasteiger partial charge in [-0.05, 0) is 70.4 Å². The highest BCUT2D eigenvalue weighted by molar-refractivity contribution is 14.1. The number of rotatable bonds is 6. The molecule has 2 aromatic rings. The molecule has 0 amide bonds. The Kier molecular flexibility index (Phi) is 6.71. The molecule has 0 saturated heterocycles. The molecule has 0 aromatic heterocycles. The minimum atomic E-state index is 0.245. The highest BCUT2D eigenvalue weighted by Crippen LogP contribution is 2.29. The molecule has 1 unspecified atom stereocenters. The molecule has 1 nitrogen and oxygen atoms in total. The van der Waals surface area contributed by atoms with Crippen molar-refractivity contribution in [2.24, 2.45) is 0 Å². The maximum absolute atomic E-state index is 3.61. The van der Waals surface area contributed by atoms with E-state index in [2.05, 4.69) is 100 Å². The third kappa shape index (κ3) is 4.54. The zero-order chi connectivity index (χ0) is 15.2. The molecule has 3 heteroatoms. The van der Waals surface area contributed by atoms with Gasteiger partial charge in [-0.25, -0.2) is 0 Å². The fourth-order valence-electron chi connectivity index (χ4n) is 2.51. The third-order valence-electron chi connectivity index (χ3n) is 3.53. The Hall–Kier alpha value is -0.390. The minimum Gasteiger partial charge on any atom is -0.306 e. The topological polar surface area (TPSA) is 12.0 Å². The first-order valence-electron chi connectivity index (χ1n) is 7.42. The largest absolute Gasteiger partial charge is 0.306 e. The van der Waals surface area contributed by atoms with Gasteiger partial charge in [0.2, 0.25) is 0 Å². The Labute approximate surface area is 149 Å². The van der Waals surface area contributed by atoms with Crippen molar-refractivity contribution < 1.29 is 0 Å². The predicted octanol–water partition coefficient (Wildman–Crippen LogP) is 5.71. The Morgan fingerprint density at radius 3 is 2.43 bits per heavy atom. The quantitative estimate of drug-likeness (QED) is 0.548. The molecule has 0 aliphatic heterocycles. The van der Waals surface area contributed by atoms with E-state index in [4.69, 9.17) is 0 Å². The zero-order valence-corrected chi connectivity index (χ0v) is 16.2. The second kappa shape index (κ2) is 8.30. The van der Waals surface area contributed by atoms with Crippen LogP contribution in [0.1, 0.15) is 43.0 Å². The van der Waals surface area contributed by atoms with Crippen molar-refractivity contribution in [3.63, 3.8) is 0 Å². The lowest BCUT2D eigenvalue weighted by Gasteiger charge is -2.21. The molecule has 0 bridgehead atoms. The molecule has 1 atom stereocenters. The molecule has 1 N–H and O–H groups in total. The first-order valence-corrected chi connectivity index (χ1v) is 9.30. The van der Waals surface area contributed by atoms with Crippen LogP contribution in [0.4, 0.5) is 0 Å². The van der Waals surface area contributed by atoms with Crippen LogP contribution in [-0.4, -0.2) is 6.54 Å². The molecular weight excluding hydrogens is 437 g/mol. The van der Waals surface area contributed by atoms with Gasteiger partial charge >= 0.3 is 0 Å². The fraction of sp³-hybridized carbons (Fsp3) is 0.333. The van der Waals surface area contributed by atoms with E-state index in [1.807, 2.05) is 0 Å². The van der Waals surface area contributed by atoms with E-state index in [0.717, 1.165) is 17.4 Å². The van der Waals surface area contributed by atoms with E-state index in [1.54, 1.807) is 0 Å². The summed E-state index contributed by atoms with van der Waals surface area (Å²) in [6, 6.07) is 15.8. The van der Waals surface area contributed by atoms with Gasteiger partial charge in [0.25, 0.3) is 0 Å². The van der Waals surface area contributed by atoms with Crippen LogP contribution >= 0.6 is 38.5 Å². The third-order valence-corrected chi connectivity index (χ3v) is 5.00. The van der Waals surface area contributed by atoms with Crippen LogP contribution in [0.25, 0.3) is 0 Å². The van der Waals surface area contributed by atoms with Crippen molar-refractivity contribution in [3.8, 4) is 0 Å². The van der Waals surface area contributed by atoms with Gasteiger partial charge in [-0.3, -0.25) is 0 Å². The lowest BCUT2D eigenvalue weighted by atomic mass is 9.97. The summed E-state index contributed by atoms with van der Waals surface area (Å²) in [4.78, 5) is 0. The number of halogens is 2. The summed E-state index contributed by atoms with van der Waals surface area (Å²) in [6.45, 7) is 5.33. The first-order chi connectivity index (χ1) is 10.2. The number of benzene rings is 2. The van der Waals surface area contributed by atoms with Crippen LogP contribution in [0.3, 0.4) is 0 Å². The molecule has 0 fully saturated rings. The lowest BCUT2D eigenvalue weighted by molar-refractivity contribution is 0.628. The van der Waals surface area contributed by atoms with Crippen LogP contribution < -0.4 is 5.32 Å². The molecule has 0 aliphatic rings. The SMILES string of the molecule is CCCc1ccc(C(NCC)c2cc(Br)ccc2I)cc1. The highest BCUT2D eigenvalue weighted by atomic mass is 127. The number of hydrogen-bond donors (Lipinski definition) is 1. The molecule has 2 aromatic carbocycles. The highest BCUT2D eigenvalue weighted by Gasteiger charge is 2.16. The van der Waals surface area contributed by atoms with Gasteiger partial charge in [0.05, 0.1) is 6.04 Å². The summed E-state index contributed by atoms with van der Waals surface area (Å²) >= 11 is 6.01. The van der Waals surface area contributed by atoms with Gasteiger partial charge < -0.3 is 5.32 Å². The summed E-state index contributed by atoms with van der Waals surface area (Å²) in [6.07, 6.45) is 2.35. The van der Waals surface area contributed by atoms with Crippen LogP contribution in [0, 0.1) is 3.57 Å². The van der Waals surface area contributed by atoms with Gasteiger partial charge in [-0.1, -0.05) is 60.5 Å². The number of hydrogen-bond acceptors (Lipinski definition) is 1. The minimum absolute atomic E-state index is 0.245. The van der Waals surface area contributed by atoms with Crippen LogP contribution in [0.15, 0.2) is 46.9 Å². The summed E-state index contributed by atoms with van der Waals surface area (Å²) in [7, 11) is 0. The van der Waals surface area contributed by atoms with Crippen molar-refractivity contribution in [1.29, 1.82) is 0 Å². The van der Waals surface area contributed by atoms with Crippen LogP contribution in [-0.2, 0) is 6.42 Å². The normalized spacial score (nSPS) is 12.4. The van der Waals surface area contributed by atoms with Crippen molar-refractivity contribution in [2.45, 2.75) is 32.7 Å². The number of nitrogens with one attached hydrogen (secondary N) is 1. The standard InChI is InChI=1S/C18H21BrIN/c1-3-5-13-6-8-14(9-7-13)18(21-4-2)16-12-15(19)10-11-17(16)20/h6-12,18,21H,3-5H2,1-2H3. The van der Waals surface area contributed by atoms with Crippen molar-refractivity contribution in [1.82, 2.24) is 5.32 Å². The van der Waals surface area contributed by atoms with Gasteiger partial charge in [0, 0.05) is 8.04 Å². The van der Waals surface area contributed by atoms with E-state index in [1.165, 1.54) is 26.7 Å². The van der Waals surface area contributed by atoms with Crippen LogP contribution in [0.5, 0.6) is 0 Å². The smallest absolute Gasteiger partial charge is 0.0587 e. The zero-order valence-electron chi connectivity index (χ0n) is 12.5. The first kappa shape index (κ1) is 17.0. The lowest BCUT2D eigenvalue weighted by Crippen LogP contribution is -2.22. The molecule has 0 spiro atoms. The van der Waals surface area contributed by atoms with Crippen molar-refractivity contribution >= 4 is 38.5 Å². The van der Waals surface area contributed by atoms with Gasteiger partial charge in [-0.15, -0.1) is 0 Å². The summed E-state index contributed by atoms with van der Waals surface area (Å²) in [5.41, 5.74) is 4.07. The molecule has 0 heterocycles. The molecule has 0 aliphatic carbocycles. The summed E-state index contributed by atoms with van der Waals surface area (Å²) in [5.74, 6) is 0. The predicted molar refractivity (Wildman–Crippen MR) is 103 cm³/mol. The Balaban J connectivity index is 2.35. The van der Waals surface area contributed by atoms with Gasteiger partial charge in [0.1, 0.15) is 0 Å². The number of aryl methyl sites for hydroxylation is 1. The van der Waals surface area contributed by atoms with Crippen LogP contribution in [0.2, 0.25) is 0 Å². The molecule has 2 rings (SSSR count). The second-order valence-corrected chi connectivity index (χ2v) is 7.23. The molecule has 112 valence electrons. The molecule has 0 saturated carbocycles. The van der Waals surface area contributed by atoms with E-state index in [0.29, 0.717) is 0 Å².